The van der Waals surface area contributed by atoms with E-state index in [1.54, 1.807) is 37.3 Å². The van der Waals surface area contributed by atoms with Crippen LogP contribution in [0.4, 0.5) is 5.69 Å². The summed E-state index contributed by atoms with van der Waals surface area (Å²) in [5.41, 5.74) is 1.38. The molecule has 4 aromatic rings. The van der Waals surface area contributed by atoms with Gasteiger partial charge in [-0.15, -0.1) is 0 Å². The number of likely N-dealkylation sites (N-methyl/N-ethyl adjacent to an activating group) is 1. The highest BCUT2D eigenvalue weighted by atomic mass is 35.5. The number of nitrogens with one attached hydrogen (secondary N) is 1. The van der Waals surface area contributed by atoms with Crippen molar-refractivity contribution < 1.29 is 18.0 Å². The maximum Gasteiger partial charge on any atom is 0.264 e. The van der Waals surface area contributed by atoms with Crippen LogP contribution < -0.4 is 9.62 Å². The van der Waals surface area contributed by atoms with E-state index in [2.05, 4.69) is 5.32 Å². The third-order valence-corrected chi connectivity index (χ3v) is 9.77. The van der Waals surface area contributed by atoms with Crippen LogP contribution in [0.3, 0.4) is 0 Å². The number of hydrogen-bond donors (Lipinski definition) is 1. The van der Waals surface area contributed by atoms with Crippen molar-refractivity contribution in [3.8, 4) is 0 Å². The van der Waals surface area contributed by atoms with Gasteiger partial charge in [0.25, 0.3) is 10.0 Å². The predicted octanol–water partition coefficient (Wildman–Crippen LogP) is 7.27. The highest BCUT2D eigenvalue weighted by Gasteiger charge is 2.35. The summed E-state index contributed by atoms with van der Waals surface area (Å²) in [5, 5.41) is 4.03. The lowest BCUT2D eigenvalue weighted by Crippen LogP contribution is -2.53. The van der Waals surface area contributed by atoms with Crippen LogP contribution in [0.2, 0.25) is 20.1 Å². The molecule has 0 spiro atoms. The minimum atomic E-state index is -4.30. The fourth-order valence-electron chi connectivity index (χ4n) is 4.59. The molecule has 7 nitrogen and oxygen atoms in total. The third kappa shape index (κ3) is 8.25. The SMILES string of the molecule is CCNC(=O)C(Cc1ccccc1)N(Cc1c(Cl)cccc1Cl)C(=O)CN(c1cccc(Cl)c1)S(=O)(=O)c1ccc(Cl)cc1. The molecule has 1 unspecified atom stereocenters. The summed E-state index contributed by atoms with van der Waals surface area (Å²) in [6, 6.07) is 24.9. The Morgan fingerprint density at radius 2 is 1.43 bits per heavy atom. The van der Waals surface area contributed by atoms with Gasteiger partial charge in [0, 0.05) is 45.2 Å². The fourth-order valence-corrected chi connectivity index (χ4v) is 6.83. The first-order chi connectivity index (χ1) is 21.0. The molecular formula is C32H29Cl4N3O4S. The highest BCUT2D eigenvalue weighted by molar-refractivity contribution is 7.92. The largest absolute Gasteiger partial charge is 0.355 e. The molecule has 12 heteroatoms. The Hall–Kier alpha value is -3.27. The number of hydrogen-bond acceptors (Lipinski definition) is 4. The van der Waals surface area contributed by atoms with Crippen molar-refractivity contribution in [1.82, 2.24) is 10.2 Å². The summed E-state index contributed by atoms with van der Waals surface area (Å²) in [5.74, 6) is -1.08. The standard InChI is InChI=1S/C32H29Cl4N3O4S/c1-2-37-32(41)30(18-22-8-4-3-5-9-22)38(20-27-28(35)12-7-13-29(27)36)31(40)21-39(25-11-6-10-24(34)19-25)44(42,43)26-16-14-23(33)15-17-26/h3-17,19,30H,2,18,20-21H2,1H3,(H,37,41). The Labute approximate surface area is 277 Å². The molecule has 0 radical (unpaired) electrons. The minimum absolute atomic E-state index is 0.0834. The molecule has 0 bridgehead atoms. The van der Waals surface area contributed by atoms with E-state index in [1.165, 1.54) is 41.3 Å². The summed E-state index contributed by atoms with van der Waals surface area (Å²) in [4.78, 5) is 29.2. The zero-order valence-electron chi connectivity index (χ0n) is 23.6. The molecule has 0 aliphatic heterocycles. The maximum absolute atomic E-state index is 14.4. The van der Waals surface area contributed by atoms with Crippen molar-refractivity contribution in [3.05, 3.63) is 128 Å². The lowest BCUT2D eigenvalue weighted by Gasteiger charge is -2.34. The van der Waals surface area contributed by atoms with E-state index in [4.69, 9.17) is 46.4 Å². The Balaban J connectivity index is 1.83. The second-order valence-electron chi connectivity index (χ2n) is 9.77. The fraction of sp³-hybridized carbons (Fsp3) is 0.188. The highest BCUT2D eigenvalue weighted by Crippen LogP contribution is 2.30. The molecule has 1 atom stereocenters. The van der Waals surface area contributed by atoms with Gasteiger partial charge in [0.2, 0.25) is 11.8 Å². The van der Waals surface area contributed by atoms with Crippen molar-refractivity contribution in [2.75, 3.05) is 17.4 Å². The normalized spacial score (nSPS) is 11.9. The molecule has 44 heavy (non-hydrogen) atoms. The van der Waals surface area contributed by atoms with Gasteiger partial charge >= 0.3 is 0 Å². The number of anilines is 1. The van der Waals surface area contributed by atoms with Crippen molar-refractivity contribution in [2.24, 2.45) is 0 Å². The molecule has 4 aromatic carbocycles. The van der Waals surface area contributed by atoms with Crippen LogP contribution in [-0.4, -0.2) is 44.3 Å². The van der Waals surface area contributed by atoms with Crippen LogP contribution in [0.15, 0.2) is 102 Å². The molecule has 0 aliphatic rings. The average molecular weight is 693 g/mol. The number of sulfonamides is 1. The van der Waals surface area contributed by atoms with Crippen LogP contribution in [0.25, 0.3) is 0 Å². The van der Waals surface area contributed by atoms with E-state index >= 15 is 0 Å². The summed E-state index contributed by atoms with van der Waals surface area (Å²) in [7, 11) is -4.30. The second kappa shape index (κ2) is 15.1. The van der Waals surface area contributed by atoms with Crippen molar-refractivity contribution in [1.29, 1.82) is 0 Å². The molecule has 0 saturated carbocycles. The van der Waals surface area contributed by atoms with Crippen LogP contribution in [0.1, 0.15) is 18.1 Å². The van der Waals surface area contributed by atoms with Gasteiger partial charge < -0.3 is 10.2 Å². The first kappa shape index (κ1) is 33.6. The smallest absolute Gasteiger partial charge is 0.264 e. The molecule has 4 rings (SSSR count). The Kier molecular flexibility index (Phi) is 11.6. The van der Waals surface area contributed by atoms with E-state index in [0.29, 0.717) is 27.2 Å². The number of rotatable bonds is 12. The maximum atomic E-state index is 14.4. The number of halogens is 4. The van der Waals surface area contributed by atoms with Crippen LogP contribution in [-0.2, 0) is 32.6 Å². The summed E-state index contributed by atoms with van der Waals surface area (Å²) in [6.07, 6.45) is 0.154. The molecule has 0 aliphatic carbocycles. The van der Waals surface area contributed by atoms with Gasteiger partial charge in [-0.25, -0.2) is 8.42 Å². The lowest BCUT2D eigenvalue weighted by molar-refractivity contribution is -0.140. The first-order valence-electron chi connectivity index (χ1n) is 13.6. The summed E-state index contributed by atoms with van der Waals surface area (Å²) in [6.45, 7) is 1.28. The Morgan fingerprint density at radius 3 is 2.05 bits per heavy atom. The molecular weight excluding hydrogens is 664 g/mol. The zero-order valence-corrected chi connectivity index (χ0v) is 27.4. The predicted molar refractivity (Wildman–Crippen MR) is 177 cm³/mol. The molecule has 1 N–H and O–H groups in total. The number of carbonyl (C=O) groups is 2. The van der Waals surface area contributed by atoms with Crippen molar-refractivity contribution >= 4 is 73.9 Å². The summed E-state index contributed by atoms with van der Waals surface area (Å²) < 4.78 is 29.0. The molecule has 0 saturated heterocycles. The van der Waals surface area contributed by atoms with E-state index in [-0.39, 0.29) is 28.6 Å². The van der Waals surface area contributed by atoms with Gasteiger partial charge in [-0.3, -0.25) is 13.9 Å². The quantitative estimate of drug-likeness (QED) is 0.169. The number of carbonyl (C=O) groups excluding carboxylic acids is 2. The van der Waals surface area contributed by atoms with Crippen molar-refractivity contribution in [2.45, 2.75) is 30.8 Å². The van der Waals surface area contributed by atoms with E-state index in [9.17, 15) is 18.0 Å². The van der Waals surface area contributed by atoms with Gasteiger partial charge in [-0.05, 0) is 67.1 Å². The van der Waals surface area contributed by atoms with Crippen molar-refractivity contribution in [3.63, 3.8) is 0 Å². The van der Waals surface area contributed by atoms with Crippen LogP contribution >= 0.6 is 46.4 Å². The first-order valence-corrected chi connectivity index (χ1v) is 16.5. The van der Waals surface area contributed by atoms with Crippen LogP contribution in [0.5, 0.6) is 0 Å². The molecule has 0 heterocycles. The third-order valence-electron chi connectivity index (χ3n) is 6.79. The van der Waals surface area contributed by atoms with E-state index in [0.717, 1.165) is 9.87 Å². The topological polar surface area (TPSA) is 86.8 Å². The van der Waals surface area contributed by atoms with Gasteiger partial charge in [-0.1, -0.05) is 88.9 Å². The average Bonchev–Trinajstić information content (AvgIpc) is 2.99. The Morgan fingerprint density at radius 1 is 0.795 bits per heavy atom. The van der Waals surface area contributed by atoms with Gasteiger partial charge in [0.05, 0.1) is 10.6 Å². The monoisotopic (exact) mass is 691 g/mol. The van der Waals surface area contributed by atoms with E-state index in [1.807, 2.05) is 30.3 Å². The number of benzene rings is 4. The molecule has 0 aromatic heterocycles. The number of amides is 2. The second-order valence-corrected chi connectivity index (χ2v) is 13.3. The molecule has 2 amide bonds. The van der Waals surface area contributed by atoms with E-state index < -0.39 is 34.4 Å². The zero-order chi connectivity index (χ0) is 31.9. The number of nitrogens with zero attached hydrogens (tertiary/aromatic N) is 2. The lowest BCUT2D eigenvalue weighted by atomic mass is 10.0. The summed E-state index contributed by atoms with van der Waals surface area (Å²) >= 11 is 25.3. The minimum Gasteiger partial charge on any atom is -0.355 e. The van der Waals surface area contributed by atoms with Gasteiger partial charge in [0.1, 0.15) is 12.6 Å². The van der Waals surface area contributed by atoms with Gasteiger partial charge in [0.15, 0.2) is 0 Å². The Bertz CT molecular complexity index is 1700. The van der Waals surface area contributed by atoms with Gasteiger partial charge in [-0.2, -0.15) is 0 Å². The molecule has 230 valence electrons. The molecule has 0 fully saturated rings. The van der Waals surface area contributed by atoms with Crippen LogP contribution in [0, 0.1) is 0 Å².